The van der Waals surface area contributed by atoms with Crippen LogP contribution in [0.25, 0.3) is 0 Å². The molecule has 0 saturated carbocycles. The molecule has 1 aromatic rings. The van der Waals surface area contributed by atoms with Crippen LogP contribution in [0.3, 0.4) is 0 Å². The van der Waals surface area contributed by atoms with Crippen molar-refractivity contribution in [2.45, 2.75) is 13.8 Å². The number of halogens is 1. The van der Waals surface area contributed by atoms with Crippen LogP contribution < -0.4 is 10.6 Å². The standard InChI is InChI=1S/C13H14BrN3O3/c1-7-3-10(14)11(4-12(7)17(19)20)16-13(18)8(2)9-5-15-6-9/h3-4,15H,5-6H2,1-2H3,(H,16,18). The van der Waals surface area contributed by atoms with E-state index in [9.17, 15) is 14.9 Å². The van der Waals surface area contributed by atoms with E-state index in [-0.39, 0.29) is 11.6 Å². The molecule has 0 bridgehead atoms. The molecule has 6 nitrogen and oxygen atoms in total. The number of carbonyl (C=O) groups is 1. The lowest BCUT2D eigenvalue weighted by molar-refractivity contribution is -0.385. The van der Waals surface area contributed by atoms with E-state index in [2.05, 4.69) is 26.6 Å². The Balaban J connectivity index is 2.27. The van der Waals surface area contributed by atoms with Gasteiger partial charge < -0.3 is 10.6 Å². The number of hydrogen-bond acceptors (Lipinski definition) is 4. The largest absolute Gasteiger partial charge is 0.321 e. The zero-order valence-electron chi connectivity index (χ0n) is 11.1. The van der Waals surface area contributed by atoms with Crippen LogP contribution >= 0.6 is 15.9 Å². The molecule has 0 aromatic heterocycles. The quantitative estimate of drug-likeness (QED) is 0.503. The zero-order valence-corrected chi connectivity index (χ0v) is 12.7. The first-order valence-corrected chi connectivity index (χ1v) is 6.84. The van der Waals surface area contributed by atoms with Crippen LogP contribution in [0, 0.1) is 17.0 Å². The molecule has 1 heterocycles. The minimum atomic E-state index is -0.460. The number of anilines is 1. The van der Waals surface area contributed by atoms with Gasteiger partial charge in [0.2, 0.25) is 0 Å². The molecule has 0 unspecified atom stereocenters. The van der Waals surface area contributed by atoms with Crippen molar-refractivity contribution in [3.8, 4) is 0 Å². The van der Waals surface area contributed by atoms with Crippen molar-refractivity contribution < 1.29 is 9.72 Å². The molecular formula is C13H14BrN3O3. The number of nitro benzene ring substituents is 1. The molecule has 2 rings (SSSR count). The van der Waals surface area contributed by atoms with Crippen LogP contribution in [-0.2, 0) is 4.79 Å². The first-order valence-electron chi connectivity index (χ1n) is 6.05. The van der Waals surface area contributed by atoms with Crippen LogP contribution in [0.2, 0.25) is 0 Å². The molecule has 0 radical (unpaired) electrons. The van der Waals surface area contributed by atoms with Crippen molar-refractivity contribution in [1.29, 1.82) is 0 Å². The number of nitrogens with zero attached hydrogens (tertiary/aromatic N) is 1. The van der Waals surface area contributed by atoms with Gasteiger partial charge in [0.25, 0.3) is 11.6 Å². The van der Waals surface area contributed by atoms with E-state index in [1.165, 1.54) is 6.07 Å². The number of nitrogens with one attached hydrogen (secondary N) is 2. The molecule has 1 amide bonds. The highest BCUT2D eigenvalue weighted by Crippen LogP contribution is 2.31. The highest BCUT2D eigenvalue weighted by molar-refractivity contribution is 9.10. The van der Waals surface area contributed by atoms with E-state index in [1.54, 1.807) is 19.9 Å². The lowest BCUT2D eigenvalue weighted by Crippen LogP contribution is -2.36. The van der Waals surface area contributed by atoms with Crippen LogP contribution in [0.1, 0.15) is 12.5 Å². The number of nitro groups is 1. The van der Waals surface area contributed by atoms with Gasteiger partial charge in [0.15, 0.2) is 0 Å². The fourth-order valence-corrected chi connectivity index (χ4v) is 2.40. The third-order valence-corrected chi connectivity index (χ3v) is 3.93. The van der Waals surface area contributed by atoms with Gasteiger partial charge in [-0.05, 0) is 41.4 Å². The third kappa shape index (κ3) is 2.88. The lowest BCUT2D eigenvalue weighted by atomic mass is 10.0. The Hall–Kier alpha value is -1.73. The molecule has 1 fully saturated rings. The molecule has 2 N–H and O–H groups in total. The molecular weight excluding hydrogens is 326 g/mol. The van der Waals surface area contributed by atoms with Gasteiger partial charge in [0.1, 0.15) is 0 Å². The molecule has 0 spiro atoms. The van der Waals surface area contributed by atoms with Crippen molar-refractivity contribution in [2.75, 3.05) is 18.4 Å². The van der Waals surface area contributed by atoms with Crippen molar-refractivity contribution in [3.05, 3.63) is 43.4 Å². The van der Waals surface area contributed by atoms with E-state index in [1.807, 2.05) is 0 Å². The summed E-state index contributed by atoms with van der Waals surface area (Å²) in [6.45, 7) is 4.84. The maximum absolute atomic E-state index is 12.1. The van der Waals surface area contributed by atoms with Crippen LogP contribution in [-0.4, -0.2) is 23.9 Å². The Labute approximate surface area is 124 Å². The van der Waals surface area contributed by atoms with Crippen LogP contribution in [0.4, 0.5) is 11.4 Å². The number of benzene rings is 1. The molecule has 7 heteroatoms. The summed E-state index contributed by atoms with van der Waals surface area (Å²) in [6, 6.07) is 3.00. The van der Waals surface area contributed by atoms with Crippen LogP contribution in [0.15, 0.2) is 27.8 Å². The van der Waals surface area contributed by atoms with E-state index in [0.717, 1.165) is 5.57 Å². The second-order valence-electron chi connectivity index (χ2n) is 4.66. The van der Waals surface area contributed by atoms with Crippen molar-refractivity contribution in [1.82, 2.24) is 5.32 Å². The van der Waals surface area contributed by atoms with Gasteiger partial charge >= 0.3 is 0 Å². The van der Waals surface area contributed by atoms with Crippen molar-refractivity contribution in [2.24, 2.45) is 0 Å². The molecule has 1 aliphatic rings. The van der Waals surface area contributed by atoms with Crippen molar-refractivity contribution >= 4 is 33.2 Å². The minimum absolute atomic E-state index is 0.0147. The highest BCUT2D eigenvalue weighted by atomic mass is 79.9. The smallest absolute Gasteiger partial charge is 0.274 e. The topological polar surface area (TPSA) is 84.3 Å². The van der Waals surface area contributed by atoms with Gasteiger partial charge in [0.05, 0.1) is 10.6 Å². The minimum Gasteiger partial charge on any atom is -0.321 e. The van der Waals surface area contributed by atoms with Gasteiger partial charge in [-0.25, -0.2) is 0 Å². The summed E-state index contributed by atoms with van der Waals surface area (Å²) in [7, 11) is 0. The summed E-state index contributed by atoms with van der Waals surface area (Å²) in [5.74, 6) is -0.236. The predicted molar refractivity (Wildman–Crippen MR) is 79.7 cm³/mol. The Morgan fingerprint density at radius 1 is 1.45 bits per heavy atom. The summed E-state index contributed by atoms with van der Waals surface area (Å²) >= 11 is 3.31. The number of hydrogen-bond donors (Lipinski definition) is 2. The second-order valence-corrected chi connectivity index (χ2v) is 5.52. The predicted octanol–water partition coefficient (Wildman–Crippen LogP) is 2.52. The first-order chi connectivity index (χ1) is 9.40. The highest BCUT2D eigenvalue weighted by Gasteiger charge is 2.19. The van der Waals surface area contributed by atoms with Gasteiger partial charge in [-0.15, -0.1) is 0 Å². The number of aryl methyl sites for hydroxylation is 1. The monoisotopic (exact) mass is 339 g/mol. The third-order valence-electron chi connectivity index (χ3n) is 3.28. The van der Waals surface area contributed by atoms with Crippen molar-refractivity contribution in [3.63, 3.8) is 0 Å². The van der Waals surface area contributed by atoms with Gasteiger partial charge in [0, 0.05) is 34.8 Å². The number of carbonyl (C=O) groups excluding carboxylic acids is 1. The number of amides is 1. The first kappa shape index (κ1) is 14.7. The Morgan fingerprint density at radius 3 is 2.60 bits per heavy atom. The Kier molecular flexibility index (Phi) is 4.20. The molecule has 1 aromatic carbocycles. The maximum Gasteiger partial charge on any atom is 0.274 e. The summed E-state index contributed by atoms with van der Waals surface area (Å²) < 4.78 is 0.624. The SMILES string of the molecule is CC(C(=O)Nc1cc([N+](=O)[O-])c(C)cc1Br)=C1CNC1. The summed E-state index contributed by atoms with van der Waals surface area (Å²) in [5.41, 5.74) is 2.64. The summed E-state index contributed by atoms with van der Waals surface area (Å²) in [6.07, 6.45) is 0. The summed E-state index contributed by atoms with van der Waals surface area (Å²) in [5, 5.41) is 16.7. The normalized spacial score (nSPS) is 13.7. The second kappa shape index (κ2) is 5.72. The summed E-state index contributed by atoms with van der Waals surface area (Å²) in [4.78, 5) is 22.5. The van der Waals surface area contributed by atoms with Crippen LogP contribution in [0.5, 0.6) is 0 Å². The fraction of sp³-hybridized carbons (Fsp3) is 0.308. The Morgan fingerprint density at radius 2 is 2.10 bits per heavy atom. The number of rotatable bonds is 3. The average molecular weight is 340 g/mol. The van der Waals surface area contributed by atoms with E-state index < -0.39 is 4.92 Å². The van der Waals surface area contributed by atoms with E-state index in [4.69, 9.17) is 0 Å². The molecule has 1 saturated heterocycles. The molecule has 0 atom stereocenters. The average Bonchev–Trinajstić information content (AvgIpc) is 2.29. The van der Waals surface area contributed by atoms with Gasteiger partial charge in [-0.3, -0.25) is 14.9 Å². The molecule has 20 heavy (non-hydrogen) atoms. The maximum atomic E-state index is 12.1. The molecule has 106 valence electrons. The Bertz CT molecular complexity index is 620. The van der Waals surface area contributed by atoms with E-state index in [0.29, 0.717) is 34.4 Å². The van der Waals surface area contributed by atoms with Gasteiger partial charge in [-0.2, -0.15) is 0 Å². The van der Waals surface area contributed by atoms with E-state index >= 15 is 0 Å². The van der Waals surface area contributed by atoms with Gasteiger partial charge in [-0.1, -0.05) is 0 Å². The molecule has 0 aliphatic carbocycles. The fourth-order valence-electron chi connectivity index (χ4n) is 1.85. The molecule has 1 aliphatic heterocycles. The lowest BCUT2D eigenvalue weighted by Gasteiger charge is -2.21. The zero-order chi connectivity index (χ0) is 14.9.